The molecule has 7 nitrogen and oxygen atoms in total. The van der Waals surface area contributed by atoms with E-state index in [4.69, 9.17) is 13.9 Å². The first-order chi connectivity index (χ1) is 12.4. The summed E-state index contributed by atoms with van der Waals surface area (Å²) in [7, 11) is 0. The highest BCUT2D eigenvalue weighted by molar-refractivity contribution is 5.58. The molecule has 1 aliphatic rings. The second kappa shape index (κ2) is 5.55. The topological polar surface area (TPSA) is 78.1 Å². The van der Waals surface area contributed by atoms with Crippen LogP contribution in [0.25, 0.3) is 23.0 Å². The van der Waals surface area contributed by atoms with Crippen molar-refractivity contribution in [1.82, 2.24) is 19.7 Å². The summed E-state index contributed by atoms with van der Waals surface area (Å²) in [5.74, 6) is 3.76. The minimum absolute atomic E-state index is 0.276. The molecule has 25 heavy (non-hydrogen) atoms. The van der Waals surface area contributed by atoms with Crippen LogP contribution in [0.5, 0.6) is 11.5 Å². The number of H-pyrrole nitrogens is 1. The number of hydrogen-bond acceptors (Lipinski definition) is 5. The van der Waals surface area contributed by atoms with Crippen LogP contribution in [0.2, 0.25) is 0 Å². The number of fused-ring (bicyclic) bond motifs is 1. The Labute approximate surface area is 142 Å². The Morgan fingerprint density at radius 1 is 1.00 bits per heavy atom. The van der Waals surface area contributed by atoms with E-state index in [1.807, 2.05) is 47.2 Å². The zero-order chi connectivity index (χ0) is 16.6. The van der Waals surface area contributed by atoms with Crippen molar-refractivity contribution in [2.24, 2.45) is 0 Å². The van der Waals surface area contributed by atoms with Gasteiger partial charge in [0.05, 0.1) is 0 Å². The summed E-state index contributed by atoms with van der Waals surface area (Å²) >= 11 is 0. The standard InChI is InChI=1S/C18H14N4O3/c1-2-15-17(24-11-23-15)9-12(1)10-22-8-7-19-18(22)16-4-3-14(25-16)13-5-6-20-21-13/h1-9H,10-11H2,(H,20,21). The van der Waals surface area contributed by atoms with Gasteiger partial charge >= 0.3 is 0 Å². The third-order valence-electron chi connectivity index (χ3n) is 4.10. The van der Waals surface area contributed by atoms with Gasteiger partial charge in [-0.25, -0.2) is 4.98 Å². The lowest BCUT2D eigenvalue weighted by Crippen LogP contribution is -2.00. The first kappa shape index (κ1) is 13.9. The lowest BCUT2D eigenvalue weighted by molar-refractivity contribution is 0.174. The Balaban J connectivity index is 1.44. The smallest absolute Gasteiger partial charge is 0.231 e. The lowest BCUT2D eigenvalue weighted by Gasteiger charge is -2.07. The molecule has 0 saturated carbocycles. The molecular formula is C18H14N4O3. The van der Waals surface area contributed by atoms with Gasteiger partial charge in [0.1, 0.15) is 5.69 Å². The quantitative estimate of drug-likeness (QED) is 0.619. The molecule has 0 atom stereocenters. The predicted molar refractivity (Wildman–Crippen MR) is 89.2 cm³/mol. The highest BCUT2D eigenvalue weighted by Gasteiger charge is 2.16. The molecule has 0 fully saturated rings. The van der Waals surface area contributed by atoms with E-state index in [-0.39, 0.29) is 6.79 Å². The van der Waals surface area contributed by atoms with E-state index in [1.165, 1.54) is 0 Å². The number of rotatable bonds is 4. The number of ether oxygens (including phenoxy) is 2. The van der Waals surface area contributed by atoms with Crippen LogP contribution in [0.3, 0.4) is 0 Å². The maximum atomic E-state index is 5.93. The van der Waals surface area contributed by atoms with Crippen molar-refractivity contribution in [3.05, 3.63) is 60.6 Å². The molecule has 124 valence electrons. The van der Waals surface area contributed by atoms with E-state index < -0.39 is 0 Å². The Bertz CT molecular complexity index is 1020. The van der Waals surface area contributed by atoms with Crippen molar-refractivity contribution >= 4 is 0 Å². The van der Waals surface area contributed by atoms with E-state index in [2.05, 4.69) is 15.2 Å². The van der Waals surface area contributed by atoms with Gasteiger partial charge in [-0.05, 0) is 35.9 Å². The van der Waals surface area contributed by atoms with Crippen LogP contribution in [0.15, 0.2) is 59.4 Å². The van der Waals surface area contributed by atoms with E-state index in [0.717, 1.165) is 34.3 Å². The molecule has 5 rings (SSSR count). The normalized spacial score (nSPS) is 12.6. The van der Waals surface area contributed by atoms with Gasteiger partial charge in [-0.1, -0.05) is 6.07 Å². The molecule has 4 aromatic rings. The van der Waals surface area contributed by atoms with Crippen LogP contribution < -0.4 is 9.47 Å². The van der Waals surface area contributed by atoms with Gasteiger partial charge in [0.2, 0.25) is 6.79 Å². The van der Waals surface area contributed by atoms with Crippen LogP contribution in [-0.4, -0.2) is 26.5 Å². The van der Waals surface area contributed by atoms with E-state index in [0.29, 0.717) is 12.3 Å². The summed E-state index contributed by atoms with van der Waals surface area (Å²) < 4.78 is 18.8. The van der Waals surface area contributed by atoms with Gasteiger partial charge in [-0.15, -0.1) is 0 Å². The number of nitrogens with zero attached hydrogens (tertiary/aromatic N) is 3. The fraction of sp³-hybridized carbons (Fsp3) is 0.111. The molecule has 3 aromatic heterocycles. The summed E-state index contributed by atoms with van der Waals surface area (Å²) in [6.07, 6.45) is 5.39. The number of furan rings is 1. The Morgan fingerprint density at radius 2 is 1.92 bits per heavy atom. The van der Waals surface area contributed by atoms with Gasteiger partial charge in [-0.2, -0.15) is 5.10 Å². The zero-order valence-corrected chi connectivity index (χ0v) is 13.2. The molecule has 0 unspecified atom stereocenters. The highest BCUT2D eigenvalue weighted by atomic mass is 16.7. The fourth-order valence-electron chi connectivity index (χ4n) is 2.89. The molecule has 0 bridgehead atoms. The third-order valence-corrected chi connectivity index (χ3v) is 4.10. The second-order valence-corrected chi connectivity index (χ2v) is 5.70. The van der Waals surface area contributed by atoms with Crippen LogP contribution >= 0.6 is 0 Å². The summed E-state index contributed by atoms with van der Waals surface area (Å²) in [6, 6.07) is 11.6. The molecule has 4 heterocycles. The molecule has 0 spiro atoms. The summed E-state index contributed by atoms with van der Waals surface area (Å²) in [5.41, 5.74) is 1.93. The molecule has 0 aliphatic carbocycles. The maximum absolute atomic E-state index is 5.93. The van der Waals surface area contributed by atoms with Crippen molar-refractivity contribution in [3.63, 3.8) is 0 Å². The number of hydrogen-bond donors (Lipinski definition) is 1. The Kier molecular flexibility index (Phi) is 3.09. The number of imidazole rings is 1. The van der Waals surface area contributed by atoms with Crippen LogP contribution in [0, 0.1) is 0 Å². The monoisotopic (exact) mass is 334 g/mol. The first-order valence-electron chi connectivity index (χ1n) is 7.86. The van der Waals surface area contributed by atoms with Crippen LogP contribution in [0.1, 0.15) is 5.56 Å². The number of nitrogens with one attached hydrogen (secondary N) is 1. The zero-order valence-electron chi connectivity index (χ0n) is 13.2. The fourth-order valence-corrected chi connectivity index (χ4v) is 2.89. The Morgan fingerprint density at radius 3 is 2.84 bits per heavy atom. The average Bonchev–Trinajstić information content (AvgIpc) is 3.39. The number of aromatic amines is 1. The van der Waals surface area contributed by atoms with Crippen molar-refractivity contribution < 1.29 is 13.9 Å². The van der Waals surface area contributed by atoms with Gasteiger partial charge in [-0.3, -0.25) is 5.10 Å². The number of aromatic nitrogens is 4. The largest absolute Gasteiger partial charge is 0.454 e. The molecule has 1 aromatic carbocycles. The van der Waals surface area contributed by atoms with Crippen molar-refractivity contribution in [3.8, 4) is 34.5 Å². The van der Waals surface area contributed by atoms with Crippen molar-refractivity contribution in [2.75, 3.05) is 6.79 Å². The van der Waals surface area contributed by atoms with Crippen LogP contribution in [-0.2, 0) is 6.54 Å². The van der Waals surface area contributed by atoms with Crippen LogP contribution in [0.4, 0.5) is 0 Å². The van der Waals surface area contributed by atoms with Crippen molar-refractivity contribution in [1.29, 1.82) is 0 Å². The van der Waals surface area contributed by atoms with E-state index >= 15 is 0 Å². The second-order valence-electron chi connectivity index (χ2n) is 5.70. The average molecular weight is 334 g/mol. The van der Waals surface area contributed by atoms with Gasteiger partial charge in [0, 0.05) is 25.1 Å². The minimum Gasteiger partial charge on any atom is -0.454 e. The molecule has 0 amide bonds. The Hall–Kier alpha value is -3.48. The molecule has 1 aliphatic heterocycles. The SMILES string of the molecule is c1cc(-c2ccc(-c3nccn3Cc3ccc4c(c3)OCO4)o2)[nH]n1. The highest BCUT2D eigenvalue weighted by Crippen LogP contribution is 2.33. The van der Waals surface area contributed by atoms with Gasteiger partial charge in [0.15, 0.2) is 28.8 Å². The first-order valence-corrected chi connectivity index (χ1v) is 7.86. The molecule has 0 radical (unpaired) electrons. The summed E-state index contributed by atoms with van der Waals surface area (Å²) in [4.78, 5) is 4.44. The summed E-state index contributed by atoms with van der Waals surface area (Å²) in [6.45, 7) is 0.934. The van der Waals surface area contributed by atoms with Crippen molar-refractivity contribution in [2.45, 2.75) is 6.54 Å². The molecule has 7 heteroatoms. The molecule has 1 N–H and O–H groups in total. The maximum Gasteiger partial charge on any atom is 0.231 e. The summed E-state index contributed by atoms with van der Waals surface area (Å²) in [5, 5.41) is 6.84. The molecular weight excluding hydrogens is 320 g/mol. The minimum atomic E-state index is 0.276. The lowest BCUT2D eigenvalue weighted by atomic mass is 10.2. The van der Waals surface area contributed by atoms with E-state index in [1.54, 1.807) is 12.4 Å². The molecule has 0 saturated heterocycles. The van der Waals surface area contributed by atoms with Gasteiger partial charge < -0.3 is 18.5 Å². The number of benzene rings is 1. The predicted octanol–water partition coefficient (Wildman–Crippen LogP) is 3.31. The third kappa shape index (κ3) is 2.46. The van der Waals surface area contributed by atoms with Gasteiger partial charge in [0.25, 0.3) is 0 Å². The van der Waals surface area contributed by atoms with E-state index in [9.17, 15) is 0 Å².